The van der Waals surface area contributed by atoms with Crippen molar-refractivity contribution in [1.82, 2.24) is 9.97 Å². The van der Waals surface area contributed by atoms with E-state index in [1.165, 1.54) is 18.6 Å². The fourth-order valence-electron chi connectivity index (χ4n) is 2.00. The largest absolute Gasteiger partial charge is 0.321 e. The standard InChI is InChI=1S/C16H10F2N4O2S/c17-9-5-10(18)7-11(6-9)21-16(24)14-12(1-4-25-14)22-15(23)13-8-19-2-3-20-13/h1-8H,(H,21,24)(H,22,23). The Morgan fingerprint density at radius 1 is 1.00 bits per heavy atom. The van der Waals surface area contributed by atoms with Crippen molar-refractivity contribution < 1.29 is 18.4 Å². The van der Waals surface area contributed by atoms with Crippen molar-refractivity contribution in [1.29, 1.82) is 0 Å². The minimum absolute atomic E-state index is 0.0258. The number of anilines is 2. The molecule has 0 unspecified atom stereocenters. The third kappa shape index (κ3) is 4.01. The molecule has 1 aromatic carbocycles. The lowest BCUT2D eigenvalue weighted by Crippen LogP contribution is -2.17. The van der Waals surface area contributed by atoms with Gasteiger partial charge >= 0.3 is 0 Å². The maximum absolute atomic E-state index is 13.2. The lowest BCUT2D eigenvalue weighted by Gasteiger charge is -2.07. The SMILES string of the molecule is O=C(Nc1ccsc1C(=O)Nc1cc(F)cc(F)c1)c1cnccn1. The predicted octanol–water partition coefficient (Wildman–Crippen LogP) is 3.32. The van der Waals surface area contributed by atoms with Crippen molar-refractivity contribution in [2.75, 3.05) is 10.6 Å². The number of carbonyl (C=O) groups excluding carboxylic acids is 2. The molecule has 0 aliphatic heterocycles. The van der Waals surface area contributed by atoms with Crippen LogP contribution in [-0.2, 0) is 0 Å². The van der Waals surface area contributed by atoms with E-state index in [0.717, 1.165) is 23.5 Å². The number of aromatic nitrogens is 2. The maximum atomic E-state index is 13.2. The zero-order chi connectivity index (χ0) is 17.8. The van der Waals surface area contributed by atoms with Gasteiger partial charge in [-0.2, -0.15) is 0 Å². The van der Waals surface area contributed by atoms with Gasteiger partial charge in [-0.1, -0.05) is 0 Å². The molecule has 0 aliphatic rings. The number of nitrogens with one attached hydrogen (secondary N) is 2. The van der Waals surface area contributed by atoms with Gasteiger partial charge in [0, 0.05) is 24.1 Å². The first-order valence-corrected chi connectivity index (χ1v) is 7.83. The molecular weight excluding hydrogens is 350 g/mol. The van der Waals surface area contributed by atoms with E-state index in [2.05, 4.69) is 20.6 Å². The van der Waals surface area contributed by atoms with Crippen LogP contribution in [-0.4, -0.2) is 21.8 Å². The van der Waals surface area contributed by atoms with E-state index < -0.39 is 23.4 Å². The van der Waals surface area contributed by atoms with Crippen LogP contribution in [0.15, 0.2) is 48.2 Å². The number of hydrogen-bond acceptors (Lipinski definition) is 5. The summed E-state index contributed by atoms with van der Waals surface area (Å²) < 4.78 is 26.4. The molecule has 126 valence electrons. The fourth-order valence-corrected chi connectivity index (χ4v) is 2.74. The van der Waals surface area contributed by atoms with Crippen LogP contribution in [0.1, 0.15) is 20.2 Å². The molecule has 3 aromatic rings. The van der Waals surface area contributed by atoms with Crippen LogP contribution in [0.3, 0.4) is 0 Å². The Hall–Kier alpha value is -3.20. The second-order valence-electron chi connectivity index (χ2n) is 4.82. The Balaban J connectivity index is 1.76. The van der Waals surface area contributed by atoms with E-state index in [1.807, 2.05) is 0 Å². The Labute approximate surface area is 144 Å². The van der Waals surface area contributed by atoms with E-state index in [1.54, 1.807) is 11.4 Å². The summed E-state index contributed by atoms with van der Waals surface area (Å²) in [4.78, 5) is 32.2. The van der Waals surface area contributed by atoms with Gasteiger partial charge in [0.1, 0.15) is 22.2 Å². The smallest absolute Gasteiger partial charge is 0.275 e. The van der Waals surface area contributed by atoms with E-state index in [4.69, 9.17) is 0 Å². The Morgan fingerprint density at radius 2 is 1.76 bits per heavy atom. The zero-order valence-electron chi connectivity index (χ0n) is 12.5. The predicted molar refractivity (Wildman–Crippen MR) is 88.6 cm³/mol. The molecule has 2 amide bonds. The molecule has 0 aliphatic carbocycles. The van der Waals surface area contributed by atoms with Crippen LogP contribution < -0.4 is 10.6 Å². The number of carbonyl (C=O) groups is 2. The van der Waals surface area contributed by atoms with Crippen molar-refractivity contribution in [2.24, 2.45) is 0 Å². The lowest BCUT2D eigenvalue weighted by atomic mass is 10.3. The van der Waals surface area contributed by atoms with E-state index in [0.29, 0.717) is 6.07 Å². The molecule has 2 heterocycles. The first kappa shape index (κ1) is 16.7. The van der Waals surface area contributed by atoms with Gasteiger partial charge in [0.05, 0.1) is 11.9 Å². The van der Waals surface area contributed by atoms with E-state index >= 15 is 0 Å². The molecule has 0 saturated heterocycles. The maximum Gasteiger partial charge on any atom is 0.275 e. The average molecular weight is 360 g/mol. The summed E-state index contributed by atoms with van der Waals surface area (Å²) in [5.74, 6) is -2.75. The highest BCUT2D eigenvalue weighted by Gasteiger charge is 2.17. The Kier molecular flexibility index (Phi) is 4.75. The third-order valence-electron chi connectivity index (χ3n) is 3.04. The second-order valence-corrected chi connectivity index (χ2v) is 5.74. The molecule has 25 heavy (non-hydrogen) atoms. The van der Waals surface area contributed by atoms with Gasteiger partial charge in [-0.15, -0.1) is 11.3 Å². The van der Waals surface area contributed by atoms with Crippen LogP contribution in [0, 0.1) is 11.6 Å². The van der Waals surface area contributed by atoms with Gasteiger partial charge in [-0.05, 0) is 23.6 Å². The molecule has 0 spiro atoms. The van der Waals surface area contributed by atoms with Crippen LogP contribution in [0.4, 0.5) is 20.2 Å². The van der Waals surface area contributed by atoms with Crippen molar-refractivity contribution in [2.45, 2.75) is 0 Å². The van der Waals surface area contributed by atoms with Crippen molar-refractivity contribution >= 4 is 34.5 Å². The van der Waals surface area contributed by atoms with Crippen LogP contribution in [0.5, 0.6) is 0 Å². The summed E-state index contributed by atoms with van der Waals surface area (Å²) in [6.07, 6.45) is 4.09. The monoisotopic (exact) mass is 360 g/mol. The highest BCUT2D eigenvalue weighted by molar-refractivity contribution is 7.12. The molecule has 0 radical (unpaired) electrons. The summed E-state index contributed by atoms with van der Waals surface area (Å²) in [6, 6.07) is 4.23. The Morgan fingerprint density at radius 3 is 2.44 bits per heavy atom. The van der Waals surface area contributed by atoms with Gasteiger partial charge in [-0.25, -0.2) is 13.8 Å². The van der Waals surface area contributed by atoms with Crippen molar-refractivity contribution in [3.8, 4) is 0 Å². The molecule has 0 fully saturated rings. The van der Waals surface area contributed by atoms with E-state index in [9.17, 15) is 18.4 Å². The van der Waals surface area contributed by atoms with Crippen LogP contribution >= 0.6 is 11.3 Å². The minimum atomic E-state index is -0.808. The number of hydrogen-bond donors (Lipinski definition) is 2. The van der Waals surface area contributed by atoms with E-state index in [-0.39, 0.29) is 21.9 Å². The number of halogens is 2. The highest BCUT2D eigenvalue weighted by Crippen LogP contribution is 2.24. The topological polar surface area (TPSA) is 84.0 Å². The summed E-state index contributed by atoms with van der Waals surface area (Å²) in [5.41, 5.74) is 0.324. The molecule has 2 aromatic heterocycles. The molecule has 0 saturated carbocycles. The summed E-state index contributed by atoms with van der Waals surface area (Å²) >= 11 is 1.07. The Bertz CT molecular complexity index is 911. The third-order valence-corrected chi connectivity index (χ3v) is 3.95. The molecular formula is C16H10F2N4O2S. The first-order valence-electron chi connectivity index (χ1n) is 6.95. The average Bonchev–Trinajstić information content (AvgIpc) is 3.03. The lowest BCUT2D eigenvalue weighted by molar-refractivity contribution is 0.102. The van der Waals surface area contributed by atoms with Gasteiger partial charge in [0.15, 0.2) is 0 Å². The fraction of sp³-hybridized carbons (Fsp3) is 0. The van der Waals surface area contributed by atoms with Gasteiger partial charge in [0.2, 0.25) is 0 Å². The van der Waals surface area contributed by atoms with Gasteiger partial charge in [0.25, 0.3) is 11.8 Å². The summed E-state index contributed by atoms with van der Waals surface area (Å²) in [5, 5.41) is 6.55. The van der Waals surface area contributed by atoms with Crippen LogP contribution in [0.25, 0.3) is 0 Å². The van der Waals surface area contributed by atoms with Crippen molar-refractivity contribution in [3.05, 3.63) is 70.4 Å². The first-order chi connectivity index (χ1) is 12.0. The molecule has 6 nitrogen and oxygen atoms in total. The molecule has 2 N–H and O–H groups in total. The quantitative estimate of drug-likeness (QED) is 0.748. The summed E-state index contributed by atoms with van der Waals surface area (Å²) in [7, 11) is 0. The molecule has 0 atom stereocenters. The second kappa shape index (κ2) is 7.14. The number of thiophene rings is 1. The van der Waals surface area contributed by atoms with Crippen molar-refractivity contribution in [3.63, 3.8) is 0 Å². The van der Waals surface area contributed by atoms with Gasteiger partial charge in [-0.3, -0.25) is 14.6 Å². The summed E-state index contributed by atoms with van der Waals surface area (Å²) in [6.45, 7) is 0. The molecule has 9 heteroatoms. The number of benzene rings is 1. The van der Waals surface area contributed by atoms with Crippen LogP contribution in [0.2, 0.25) is 0 Å². The number of amides is 2. The zero-order valence-corrected chi connectivity index (χ0v) is 13.3. The number of nitrogens with zero attached hydrogens (tertiary/aromatic N) is 2. The van der Waals surface area contributed by atoms with Gasteiger partial charge < -0.3 is 10.6 Å². The molecule has 3 rings (SSSR count). The molecule has 0 bridgehead atoms. The highest BCUT2D eigenvalue weighted by atomic mass is 32.1. The number of rotatable bonds is 4. The minimum Gasteiger partial charge on any atom is -0.321 e. The normalized spacial score (nSPS) is 10.3.